The van der Waals surface area contributed by atoms with Crippen molar-refractivity contribution in [3.63, 3.8) is 0 Å². The molecule has 0 bridgehead atoms. The Labute approximate surface area is 269 Å². The van der Waals surface area contributed by atoms with E-state index in [9.17, 15) is 9.90 Å². The van der Waals surface area contributed by atoms with Gasteiger partial charge in [-0.25, -0.2) is 9.78 Å². The van der Waals surface area contributed by atoms with Crippen LogP contribution in [0.4, 0.5) is 5.69 Å². The largest absolute Gasteiger partial charge is 0.493 e. The van der Waals surface area contributed by atoms with Crippen molar-refractivity contribution in [2.75, 3.05) is 12.0 Å². The minimum absolute atomic E-state index is 0.0154. The molecule has 8 heteroatoms. The average molecular weight is 621 g/mol. The monoisotopic (exact) mass is 620 g/mol. The number of hydrogen-bond donors (Lipinski definition) is 1. The number of ether oxygens (including phenoxy) is 3. The lowest BCUT2D eigenvalue weighted by Crippen LogP contribution is -2.35. The zero-order valence-corrected chi connectivity index (χ0v) is 26.5. The number of rotatable bonds is 14. The summed E-state index contributed by atoms with van der Waals surface area (Å²) in [4.78, 5) is 19.1. The number of aliphatic carboxylic acids is 1. The van der Waals surface area contributed by atoms with E-state index in [0.29, 0.717) is 41.9 Å². The molecule has 0 saturated carbocycles. The molecule has 0 radical (unpaired) electrons. The van der Waals surface area contributed by atoms with Crippen LogP contribution in [0.3, 0.4) is 0 Å². The zero-order valence-electron chi connectivity index (χ0n) is 26.5. The maximum absolute atomic E-state index is 12.1. The number of carboxylic acids is 1. The number of unbranched alkanes of at least 4 members (excludes halogenated alkanes) is 2. The summed E-state index contributed by atoms with van der Waals surface area (Å²) < 4.78 is 24.1. The highest BCUT2D eigenvalue weighted by Crippen LogP contribution is 2.48. The second kappa shape index (κ2) is 14.0. The van der Waals surface area contributed by atoms with Crippen LogP contribution in [0.1, 0.15) is 61.1 Å². The zero-order chi connectivity index (χ0) is 32.0. The van der Waals surface area contributed by atoms with Crippen molar-refractivity contribution in [2.45, 2.75) is 70.7 Å². The summed E-state index contributed by atoms with van der Waals surface area (Å²) in [5, 5.41) is 9.91. The quantitative estimate of drug-likeness (QED) is 0.141. The van der Waals surface area contributed by atoms with Gasteiger partial charge in [0.05, 0.1) is 19.1 Å². The molecular formula is C38H40N2O6. The van der Waals surface area contributed by atoms with Gasteiger partial charge < -0.3 is 28.6 Å². The molecule has 0 spiro atoms. The molecular weight excluding hydrogens is 580 g/mol. The molecule has 46 heavy (non-hydrogen) atoms. The van der Waals surface area contributed by atoms with E-state index in [0.717, 1.165) is 47.3 Å². The number of aromatic nitrogens is 1. The molecule has 0 amide bonds. The Hall–Kier alpha value is -4.98. The molecule has 2 aliphatic rings. The average Bonchev–Trinajstić information content (AvgIpc) is 3.61. The summed E-state index contributed by atoms with van der Waals surface area (Å²) in [5.74, 6) is 2.22. The molecule has 3 unspecified atom stereocenters. The molecule has 4 aromatic rings. The Morgan fingerprint density at radius 3 is 2.63 bits per heavy atom. The van der Waals surface area contributed by atoms with Crippen molar-refractivity contribution in [3.8, 4) is 23.0 Å². The fourth-order valence-corrected chi connectivity index (χ4v) is 6.26. The lowest BCUT2D eigenvalue weighted by Gasteiger charge is -2.32. The summed E-state index contributed by atoms with van der Waals surface area (Å²) in [6.45, 7) is 4.86. The first-order chi connectivity index (χ1) is 22.5. The van der Waals surface area contributed by atoms with Crippen LogP contribution in [0.15, 0.2) is 101 Å². The van der Waals surface area contributed by atoms with Crippen LogP contribution < -0.4 is 14.4 Å². The molecule has 0 saturated heterocycles. The molecule has 1 aliphatic carbocycles. The number of aryl methyl sites for hydroxylation is 1. The van der Waals surface area contributed by atoms with E-state index in [1.165, 1.54) is 0 Å². The number of hydrogen-bond acceptors (Lipinski definition) is 7. The predicted octanol–water partition coefficient (Wildman–Crippen LogP) is 8.21. The lowest BCUT2D eigenvalue weighted by atomic mass is 9.89. The van der Waals surface area contributed by atoms with Crippen molar-refractivity contribution in [3.05, 3.63) is 119 Å². The molecule has 238 valence electrons. The number of methoxy groups -OCH3 is 1. The maximum atomic E-state index is 12.1. The molecule has 1 aliphatic heterocycles. The number of carboxylic acid groups (broad SMARTS) is 1. The summed E-state index contributed by atoms with van der Waals surface area (Å²) in [6.07, 6.45) is 8.53. The van der Waals surface area contributed by atoms with Gasteiger partial charge in [-0.3, -0.25) is 0 Å². The predicted molar refractivity (Wildman–Crippen MR) is 177 cm³/mol. The first-order valence-electron chi connectivity index (χ1n) is 15.9. The number of oxazole rings is 1. The van der Waals surface area contributed by atoms with Gasteiger partial charge in [0.25, 0.3) is 0 Å². The van der Waals surface area contributed by atoms with Crippen LogP contribution in [0, 0.1) is 6.92 Å². The van der Waals surface area contributed by atoms with Crippen LogP contribution in [0.5, 0.6) is 11.5 Å². The molecule has 2 heterocycles. The normalized spacial score (nSPS) is 17.2. The van der Waals surface area contributed by atoms with Gasteiger partial charge in [0.1, 0.15) is 23.8 Å². The van der Waals surface area contributed by atoms with Gasteiger partial charge in [0.2, 0.25) is 5.89 Å². The fraction of sp³-hybridized carbons (Fsp3) is 0.316. The summed E-state index contributed by atoms with van der Waals surface area (Å²) >= 11 is 0. The minimum Gasteiger partial charge on any atom is -0.493 e. The Morgan fingerprint density at radius 1 is 1.04 bits per heavy atom. The van der Waals surface area contributed by atoms with Crippen LogP contribution >= 0.6 is 0 Å². The third kappa shape index (κ3) is 6.52. The van der Waals surface area contributed by atoms with Crippen molar-refractivity contribution in [1.82, 2.24) is 4.98 Å². The van der Waals surface area contributed by atoms with Gasteiger partial charge in [-0.15, -0.1) is 0 Å². The highest BCUT2D eigenvalue weighted by molar-refractivity contribution is 5.73. The van der Waals surface area contributed by atoms with Gasteiger partial charge in [-0.2, -0.15) is 0 Å². The van der Waals surface area contributed by atoms with Crippen LogP contribution in [-0.2, 0) is 22.7 Å². The van der Waals surface area contributed by atoms with E-state index in [4.69, 9.17) is 18.6 Å². The van der Waals surface area contributed by atoms with Crippen LogP contribution in [0.2, 0.25) is 0 Å². The van der Waals surface area contributed by atoms with Crippen LogP contribution in [-0.4, -0.2) is 35.3 Å². The van der Waals surface area contributed by atoms with E-state index in [2.05, 4.69) is 35.0 Å². The van der Waals surface area contributed by atoms with Gasteiger partial charge >= 0.3 is 5.97 Å². The maximum Gasteiger partial charge on any atom is 0.344 e. The molecule has 0 fully saturated rings. The first kappa shape index (κ1) is 31.0. The smallest absolute Gasteiger partial charge is 0.344 e. The Morgan fingerprint density at radius 2 is 1.85 bits per heavy atom. The van der Waals surface area contributed by atoms with Gasteiger partial charge in [-0.05, 0) is 67.3 Å². The number of fused-ring (bicyclic) bond motifs is 3. The minimum atomic E-state index is -0.920. The van der Waals surface area contributed by atoms with E-state index in [1.54, 1.807) is 7.11 Å². The van der Waals surface area contributed by atoms with Crippen molar-refractivity contribution in [1.29, 1.82) is 0 Å². The molecule has 3 aromatic carbocycles. The second-order valence-electron chi connectivity index (χ2n) is 11.7. The molecule has 6 rings (SSSR count). The highest BCUT2D eigenvalue weighted by Gasteiger charge is 2.42. The topological polar surface area (TPSA) is 94.3 Å². The summed E-state index contributed by atoms with van der Waals surface area (Å²) in [6, 6.07) is 24.1. The van der Waals surface area contributed by atoms with Gasteiger partial charge in [-0.1, -0.05) is 74.4 Å². The van der Waals surface area contributed by atoms with Crippen molar-refractivity contribution >= 4 is 11.7 Å². The van der Waals surface area contributed by atoms with Crippen molar-refractivity contribution in [2.24, 2.45) is 0 Å². The number of carbonyl (C=O) groups is 1. The number of allylic oxidation sites excluding steroid dienone is 2. The van der Waals surface area contributed by atoms with E-state index >= 15 is 0 Å². The SMILES string of the molecule is CCCCCC(OC1=CC=CC2C1c1ccccc1N2Cc1ccc(OCc2nc(-c3ccccc3)oc2C)c(OC)c1)C(=O)O. The molecule has 3 atom stereocenters. The number of benzene rings is 3. The Kier molecular flexibility index (Phi) is 9.43. The second-order valence-corrected chi connectivity index (χ2v) is 11.7. The molecule has 1 aromatic heterocycles. The van der Waals surface area contributed by atoms with Crippen LogP contribution in [0.25, 0.3) is 11.5 Å². The Bertz CT molecular complexity index is 1730. The van der Waals surface area contributed by atoms with Crippen molar-refractivity contribution < 1.29 is 28.5 Å². The Balaban J connectivity index is 1.18. The molecule has 8 nitrogen and oxygen atoms in total. The lowest BCUT2D eigenvalue weighted by molar-refractivity contribution is -0.148. The number of anilines is 1. The van der Waals surface area contributed by atoms with Gasteiger partial charge in [0.15, 0.2) is 17.6 Å². The summed E-state index contributed by atoms with van der Waals surface area (Å²) in [7, 11) is 1.64. The third-order valence-electron chi connectivity index (χ3n) is 8.64. The summed E-state index contributed by atoms with van der Waals surface area (Å²) in [5.41, 5.74) is 4.93. The van der Waals surface area contributed by atoms with E-state index < -0.39 is 12.1 Å². The molecule has 1 N–H and O–H groups in total. The van der Waals surface area contributed by atoms with Gasteiger partial charge in [0, 0.05) is 17.8 Å². The standard InChI is InChI=1S/C38H40N2O6/c1-4-5-7-18-34(38(41)42)46-33-19-12-17-31-36(33)28-15-10-11-16-30(28)40(31)23-26-20-21-32(35(22-26)43-3)44-24-29-25(2)45-37(39-29)27-13-8-6-9-14-27/h6,8-17,19-22,31,34,36H,4-5,7,18,23-24H2,1-3H3,(H,41,42). The number of para-hydroxylation sites is 1. The van der Waals surface area contributed by atoms with E-state index in [-0.39, 0.29) is 18.6 Å². The third-order valence-corrected chi connectivity index (χ3v) is 8.64. The highest BCUT2D eigenvalue weighted by atomic mass is 16.5. The fourth-order valence-electron chi connectivity index (χ4n) is 6.26. The van der Waals surface area contributed by atoms with E-state index in [1.807, 2.05) is 79.7 Å². The number of nitrogens with zero attached hydrogens (tertiary/aromatic N) is 2. The first-order valence-corrected chi connectivity index (χ1v) is 15.9.